The van der Waals surface area contributed by atoms with Crippen LogP contribution in [0.4, 0.5) is 0 Å². The summed E-state index contributed by atoms with van der Waals surface area (Å²) >= 11 is 1.49. The van der Waals surface area contributed by atoms with Gasteiger partial charge in [-0.2, -0.15) is 0 Å². The van der Waals surface area contributed by atoms with Crippen LogP contribution in [0.1, 0.15) is 23.8 Å². The summed E-state index contributed by atoms with van der Waals surface area (Å²) in [5.74, 6) is -1.12. The second-order valence-corrected chi connectivity index (χ2v) is 4.73. The van der Waals surface area contributed by atoms with Gasteiger partial charge in [-0.05, 0) is 30.4 Å². The molecular weight excluding hydrogens is 247 g/mol. The van der Waals surface area contributed by atoms with Gasteiger partial charge in [0.05, 0.1) is 6.10 Å². The van der Waals surface area contributed by atoms with Crippen molar-refractivity contribution in [2.24, 2.45) is 0 Å². The van der Waals surface area contributed by atoms with Crippen LogP contribution in [0.3, 0.4) is 0 Å². The van der Waals surface area contributed by atoms with E-state index in [1.807, 2.05) is 30.3 Å². The quantitative estimate of drug-likeness (QED) is 0.677. The molecule has 17 heavy (non-hydrogen) atoms. The molecule has 0 aliphatic rings. The van der Waals surface area contributed by atoms with Crippen LogP contribution in [-0.2, 0) is 4.79 Å². The maximum Gasteiger partial charge on any atom is 1.00 e. The Labute approximate surface area is 125 Å². The van der Waals surface area contributed by atoms with Crippen LogP contribution < -0.4 is 34.7 Å². The maximum atomic E-state index is 10.3. The summed E-state index contributed by atoms with van der Waals surface area (Å²) in [5, 5.41) is 21.2. The summed E-state index contributed by atoms with van der Waals surface area (Å²) in [7, 11) is 0. The molecule has 5 heteroatoms. The molecule has 0 radical (unpaired) electrons. The first-order valence-electron chi connectivity index (χ1n) is 5.03. The van der Waals surface area contributed by atoms with Crippen molar-refractivity contribution in [1.82, 2.24) is 0 Å². The number of rotatable bonds is 4. The summed E-state index contributed by atoms with van der Waals surface area (Å²) in [5.41, 5.74) is 0. The van der Waals surface area contributed by atoms with Crippen molar-refractivity contribution in [2.45, 2.75) is 18.9 Å². The minimum atomic E-state index is -1.12. The molecule has 2 aromatic rings. The zero-order valence-electron chi connectivity index (χ0n) is 9.55. The van der Waals surface area contributed by atoms with Crippen LogP contribution in [-0.4, -0.2) is 11.1 Å². The van der Waals surface area contributed by atoms with Crippen molar-refractivity contribution in [2.75, 3.05) is 0 Å². The molecule has 0 bridgehead atoms. The summed E-state index contributed by atoms with van der Waals surface area (Å²) < 4.78 is 1.10. The van der Waals surface area contributed by atoms with E-state index in [2.05, 4.69) is 0 Å². The standard InChI is InChI=1S/C12H12O3S.Na/c13-9(5-6-12(14)15)11-7-8-3-1-2-4-10(8)16-11;/h1-4,7,9,13H,5-6H2,(H,14,15);/q;+1/p-1. The Kier molecular flexibility index (Phi) is 5.62. The second-order valence-electron chi connectivity index (χ2n) is 3.61. The molecule has 2 rings (SSSR count). The predicted molar refractivity (Wildman–Crippen MR) is 61.0 cm³/mol. The number of aliphatic hydroxyl groups excluding tert-OH is 1. The Balaban J connectivity index is 0.00000144. The van der Waals surface area contributed by atoms with Crippen LogP contribution >= 0.6 is 11.3 Å². The zero-order chi connectivity index (χ0) is 11.5. The summed E-state index contributed by atoms with van der Waals surface area (Å²) in [4.78, 5) is 11.1. The molecule has 0 spiro atoms. The van der Waals surface area contributed by atoms with Crippen LogP contribution in [0.15, 0.2) is 30.3 Å². The minimum absolute atomic E-state index is 0. The molecule has 1 atom stereocenters. The van der Waals surface area contributed by atoms with Gasteiger partial charge in [0.15, 0.2) is 0 Å². The Bertz CT molecular complexity index is 476. The van der Waals surface area contributed by atoms with E-state index in [9.17, 15) is 15.0 Å². The Morgan fingerprint density at radius 3 is 2.76 bits per heavy atom. The van der Waals surface area contributed by atoms with Crippen molar-refractivity contribution in [3.05, 3.63) is 35.2 Å². The molecule has 0 fully saturated rings. The number of fused-ring (bicyclic) bond motifs is 1. The van der Waals surface area contributed by atoms with E-state index in [1.54, 1.807) is 0 Å². The fraction of sp³-hybridized carbons (Fsp3) is 0.250. The minimum Gasteiger partial charge on any atom is -0.550 e. The SMILES string of the molecule is O=C([O-])CCC(O)c1cc2ccccc2s1.[Na+]. The Hall–Kier alpha value is -0.390. The third-order valence-electron chi connectivity index (χ3n) is 2.39. The number of aliphatic carboxylic acids is 1. The normalized spacial score (nSPS) is 12.1. The number of aliphatic hydroxyl groups is 1. The molecule has 1 heterocycles. The van der Waals surface area contributed by atoms with E-state index in [0.717, 1.165) is 15.0 Å². The largest absolute Gasteiger partial charge is 1.00 e. The predicted octanol–water partition coefficient (Wildman–Crippen LogP) is -1.53. The van der Waals surface area contributed by atoms with Crippen LogP contribution in [0.25, 0.3) is 10.1 Å². The van der Waals surface area contributed by atoms with Crippen molar-refractivity contribution in [3.8, 4) is 0 Å². The van der Waals surface area contributed by atoms with E-state index in [4.69, 9.17) is 0 Å². The van der Waals surface area contributed by atoms with Crippen LogP contribution in [0, 0.1) is 0 Å². The van der Waals surface area contributed by atoms with E-state index in [0.29, 0.717) is 0 Å². The topological polar surface area (TPSA) is 60.4 Å². The molecule has 84 valence electrons. The molecule has 3 nitrogen and oxygen atoms in total. The van der Waals surface area contributed by atoms with Gasteiger partial charge in [-0.3, -0.25) is 0 Å². The van der Waals surface area contributed by atoms with Gasteiger partial charge in [0.25, 0.3) is 0 Å². The Morgan fingerprint density at radius 2 is 2.12 bits per heavy atom. The van der Waals surface area contributed by atoms with Crippen molar-refractivity contribution in [1.29, 1.82) is 0 Å². The number of carbonyl (C=O) groups is 1. The number of benzene rings is 1. The molecule has 0 aliphatic heterocycles. The monoisotopic (exact) mass is 258 g/mol. The zero-order valence-corrected chi connectivity index (χ0v) is 12.4. The third kappa shape index (κ3) is 3.79. The molecule has 1 unspecified atom stereocenters. The number of carboxylic acids is 1. The van der Waals surface area contributed by atoms with E-state index < -0.39 is 12.1 Å². The number of hydrogen-bond acceptors (Lipinski definition) is 4. The van der Waals surface area contributed by atoms with Gasteiger partial charge in [-0.25, -0.2) is 0 Å². The van der Waals surface area contributed by atoms with Crippen molar-refractivity contribution in [3.63, 3.8) is 0 Å². The average molecular weight is 258 g/mol. The second kappa shape index (κ2) is 6.52. The first-order chi connectivity index (χ1) is 7.66. The van der Waals surface area contributed by atoms with Gasteiger partial charge < -0.3 is 15.0 Å². The number of carboxylic acid groups (broad SMARTS) is 1. The van der Waals surface area contributed by atoms with Crippen LogP contribution in [0.5, 0.6) is 0 Å². The fourth-order valence-corrected chi connectivity index (χ4v) is 2.65. The molecule has 1 aromatic heterocycles. The van der Waals surface area contributed by atoms with Crippen LogP contribution in [0.2, 0.25) is 0 Å². The number of hydrogen-bond donors (Lipinski definition) is 1. The fourth-order valence-electron chi connectivity index (χ4n) is 1.56. The molecule has 1 aromatic carbocycles. The maximum absolute atomic E-state index is 10.3. The first kappa shape index (κ1) is 14.7. The third-order valence-corrected chi connectivity index (χ3v) is 3.61. The van der Waals surface area contributed by atoms with Gasteiger partial charge in [0.2, 0.25) is 0 Å². The Morgan fingerprint density at radius 1 is 1.41 bits per heavy atom. The molecule has 0 aliphatic carbocycles. The van der Waals surface area contributed by atoms with Gasteiger partial charge in [0, 0.05) is 15.5 Å². The number of carbonyl (C=O) groups excluding carboxylic acids is 1. The van der Waals surface area contributed by atoms with E-state index in [-0.39, 0.29) is 42.4 Å². The van der Waals surface area contributed by atoms with Gasteiger partial charge >= 0.3 is 29.6 Å². The average Bonchev–Trinajstić information content (AvgIpc) is 2.69. The van der Waals surface area contributed by atoms with Gasteiger partial charge in [-0.15, -0.1) is 11.3 Å². The van der Waals surface area contributed by atoms with E-state index in [1.165, 1.54) is 11.3 Å². The molecular formula is C12H11NaO3S. The van der Waals surface area contributed by atoms with Gasteiger partial charge in [0.1, 0.15) is 0 Å². The van der Waals surface area contributed by atoms with Crippen molar-refractivity contribution >= 4 is 27.4 Å². The molecule has 0 amide bonds. The number of thiophene rings is 1. The summed E-state index contributed by atoms with van der Waals surface area (Å²) in [6.45, 7) is 0. The first-order valence-corrected chi connectivity index (χ1v) is 5.85. The molecule has 0 saturated carbocycles. The van der Waals surface area contributed by atoms with Crippen molar-refractivity contribution < 1.29 is 44.6 Å². The smallest absolute Gasteiger partial charge is 0.550 e. The summed E-state index contributed by atoms with van der Waals surface area (Å²) in [6, 6.07) is 9.73. The summed E-state index contributed by atoms with van der Waals surface area (Å²) in [6.07, 6.45) is -0.625. The van der Waals surface area contributed by atoms with E-state index >= 15 is 0 Å². The molecule has 1 N–H and O–H groups in total. The van der Waals surface area contributed by atoms with Gasteiger partial charge in [-0.1, -0.05) is 18.2 Å². The molecule has 0 saturated heterocycles.